The van der Waals surface area contributed by atoms with Gasteiger partial charge in [-0.25, -0.2) is 0 Å². The number of methoxy groups -OCH3 is 1. The number of aryl methyl sites for hydroxylation is 1. The third kappa shape index (κ3) is 4.00. The lowest BCUT2D eigenvalue weighted by molar-refractivity contribution is -0.117. The Morgan fingerprint density at radius 3 is 2.78 bits per heavy atom. The van der Waals surface area contributed by atoms with Gasteiger partial charge in [0, 0.05) is 17.5 Å². The molecule has 1 N–H and O–H groups in total. The number of nitrogens with zero attached hydrogens (tertiary/aromatic N) is 2. The molecule has 6 heteroatoms. The van der Waals surface area contributed by atoms with E-state index in [1.54, 1.807) is 18.4 Å². The van der Waals surface area contributed by atoms with Crippen LogP contribution in [0.2, 0.25) is 0 Å². The van der Waals surface area contributed by atoms with Crippen molar-refractivity contribution in [3.63, 3.8) is 0 Å². The fourth-order valence-electron chi connectivity index (χ4n) is 3.68. The molecule has 1 aromatic carbocycles. The second-order valence-corrected chi connectivity index (χ2v) is 8.31. The zero-order chi connectivity index (χ0) is 18.8. The Bertz CT molecular complexity index is 878. The molecular formula is C21H23N3O2S. The number of fused-ring (bicyclic) bond motifs is 1. The number of benzene rings is 1. The third-order valence-electron chi connectivity index (χ3n) is 5.24. The monoisotopic (exact) mass is 381 g/mol. The van der Waals surface area contributed by atoms with Crippen molar-refractivity contribution in [1.82, 2.24) is 4.90 Å². The van der Waals surface area contributed by atoms with Gasteiger partial charge in [0.25, 0.3) is 0 Å². The Morgan fingerprint density at radius 2 is 2.11 bits per heavy atom. The average Bonchev–Trinajstić information content (AvgIpc) is 3.34. The standard InChI is InChI=1S/C21H23N3O2S/c1-26-16-9-5-14(6-10-16)12-24(15-7-8-15)13-20(25)23-21-18(11-22)17-3-2-4-19(17)27-21/h5-6,9-10,15H,2-4,7-8,12-13H2,1H3,(H,23,25). The molecule has 1 saturated carbocycles. The minimum Gasteiger partial charge on any atom is -0.497 e. The van der Waals surface area contributed by atoms with Gasteiger partial charge in [0.1, 0.15) is 16.8 Å². The summed E-state index contributed by atoms with van der Waals surface area (Å²) in [7, 11) is 1.66. The number of nitrogens with one attached hydrogen (secondary N) is 1. The molecule has 2 aliphatic carbocycles. The predicted molar refractivity (Wildman–Crippen MR) is 106 cm³/mol. The molecule has 1 amide bonds. The van der Waals surface area contributed by atoms with E-state index < -0.39 is 0 Å². The fourth-order valence-corrected chi connectivity index (χ4v) is 4.94. The molecule has 0 radical (unpaired) electrons. The number of amides is 1. The van der Waals surface area contributed by atoms with Crippen LogP contribution in [0.25, 0.3) is 0 Å². The van der Waals surface area contributed by atoms with Gasteiger partial charge in [-0.3, -0.25) is 9.69 Å². The van der Waals surface area contributed by atoms with E-state index in [-0.39, 0.29) is 5.91 Å². The zero-order valence-electron chi connectivity index (χ0n) is 15.5. The van der Waals surface area contributed by atoms with Crippen LogP contribution < -0.4 is 10.1 Å². The van der Waals surface area contributed by atoms with Crippen LogP contribution in [0.1, 0.15) is 40.8 Å². The van der Waals surface area contributed by atoms with Crippen molar-refractivity contribution in [3.8, 4) is 11.8 Å². The van der Waals surface area contributed by atoms with Crippen LogP contribution in [0.15, 0.2) is 24.3 Å². The second-order valence-electron chi connectivity index (χ2n) is 7.21. The number of hydrogen-bond donors (Lipinski definition) is 1. The van der Waals surface area contributed by atoms with Crippen molar-refractivity contribution in [2.24, 2.45) is 0 Å². The molecule has 1 aromatic heterocycles. The van der Waals surface area contributed by atoms with E-state index in [0.717, 1.165) is 55.0 Å². The van der Waals surface area contributed by atoms with Crippen LogP contribution in [0.3, 0.4) is 0 Å². The molecule has 0 unspecified atom stereocenters. The van der Waals surface area contributed by atoms with Crippen molar-refractivity contribution in [1.29, 1.82) is 5.26 Å². The van der Waals surface area contributed by atoms with Gasteiger partial charge >= 0.3 is 0 Å². The van der Waals surface area contributed by atoms with Gasteiger partial charge in [0.05, 0.1) is 19.2 Å². The van der Waals surface area contributed by atoms with Crippen LogP contribution in [-0.4, -0.2) is 30.5 Å². The van der Waals surface area contributed by atoms with Crippen molar-refractivity contribution >= 4 is 22.2 Å². The molecular weight excluding hydrogens is 358 g/mol. The lowest BCUT2D eigenvalue weighted by atomic mass is 10.1. The molecule has 2 aliphatic rings. The highest BCUT2D eigenvalue weighted by Gasteiger charge is 2.31. The number of rotatable bonds is 7. The largest absolute Gasteiger partial charge is 0.497 e. The van der Waals surface area contributed by atoms with Crippen LogP contribution in [0, 0.1) is 11.3 Å². The molecule has 0 atom stereocenters. The molecule has 140 valence electrons. The topological polar surface area (TPSA) is 65.4 Å². The Balaban J connectivity index is 1.42. The first kappa shape index (κ1) is 18.0. The second kappa shape index (κ2) is 7.71. The van der Waals surface area contributed by atoms with E-state index in [1.807, 2.05) is 24.3 Å². The summed E-state index contributed by atoms with van der Waals surface area (Å²) in [6.45, 7) is 1.10. The molecule has 1 heterocycles. The summed E-state index contributed by atoms with van der Waals surface area (Å²) in [6.07, 6.45) is 5.37. The van der Waals surface area contributed by atoms with Gasteiger partial charge < -0.3 is 10.1 Å². The Labute approximate surface area is 163 Å². The zero-order valence-corrected chi connectivity index (χ0v) is 16.3. The van der Waals surface area contributed by atoms with Gasteiger partial charge in [-0.15, -0.1) is 11.3 Å². The minimum atomic E-state index is -0.0353. The number of carbonyl (C=O) groups excluding carboxylic acids is 1. The molecule has 2 aromatic rings. The molecule has 1 fully saturated rings. The molecule has 5 nitrogen and oxygen atoms in total. The highest BCUT2D eigenvalue weighted by atomic mass is 32.1. The van der Waals surface area contributed by atoms with Crippen molar-refractivity contribution < 1.29 is 9.53 Å². The smallest absolute Gasteiger partial charge is 0.239 e. The van der Waals surface area contributed by atoms with E-state index in [1.165, 1.54) is 10.4 Å². The number of hydrogen-bond acceptors (Lipinski definition) is 5. The average molecular weight is 382 g/mol. The first-order valence-electron chi connectivity index (χ1n) is 9.39. The van der Waals surface area contributed by atoms with Crippen LogP contribution in [-0.2, 0) is 24.2 Å². The summed E-state index contributed by atoms with van der Waals surface area (Å²) in [6, 6.07) is 10.8. The Morgan fingerprint density at radius 1 is 1.33 bits per heavy atom. The van der Waals surface area contributed by atoms with E-state index in [4.69, 9.17) is 4.74 Å². The number of nitriles is 1. The quantitative estimate of drug-likeness (QED) is 0.794. The van der Waals surface area contributed by atoms with Crippen LogP contribution in [0.4, 0.5) is 5.00 Å². The van der Waals surface area contributed by atoms with Gasteiger partial charge in [-0.2, -0.15) is 5.26 Å². The van der Waals surface area contributed by atoms with Crippen LogP contribution in [0.5, 0.6) is 5.75 Å². The predicted octanol–water partition coefficient (Wildman–Crippen LogP) is 3.72. The minimum absolute atomic E-state index is 0.0353. The molecule has 0 saturated heterocycles. The normalized spacial score (nSPS) is 15.4. The maximum atomic E-state index is 12.7. The third-order valence-corrected chi connectivity index (χ3v) is 6.45. The van der Waals surface area contributed by atoms with Crippen molar-refractivity contribution in [2.45, 2.75) is 44.7 Å². The Hall–Kier alpha value is -2.36. The fraction of sp³-hybridized carbons (Fsp3) is 0.429. The molecule has 0 spiro atoms. The molecule has 0 bridgehead atoms. The molecule has 0 aliphatic heterocycles. The van der Waals surface area contributed by atoms with Crippen molar-refractivity contribution in [3.05, 3.63) is 45.8 Å². The summed E-state index contributed by atoms with van der Waals surface area (Å²) < 4.78 is 5.21. The van der Waals surface area contributed by atoms with Gasteiger partial charge in [0.2, 0.25) is 5.91 Å². The first-order chi connectivity index (χ1) is 13.2. The summed E-state index contributed by atoms with van der Waals surface area (Å²) in [5, 5.41) is 13.2. The highest BCUT2D eigenvalue weighted by Crippen LogP contribution is 2.38. The highest BCUT2D eigenvalue weighted by molar-refractivity contribution is 7.16. The van der Waals surface area contributed by atoms with Crippen molar-refractivity contribution in [2.75, 3.05) is 19.0 Å². The van der Waals surface area contributed by atoms with Gasteiger partial charge in [-0.05, 0) is 55.4 Å². The summed E-state index contributed by atoms with van der Waals surface area (Å²) in [4.78, 5) is 16.2. The van der Waals surface area contributed by atoms with E-state index in [9.17, 15) is 10.1 Å². The first-order valence-corrected chi connectivity index (χ1v) is 10.2. The van der Waals surface area contributed by atoms with Gasteiger partial charge in [-0.1, -0.05) is 12.1 Å². The number of thiophene rings is 1. The number of carbonyl (C=O) groups is 1. The van der Waals surface area contributed by atoms with E-state index in [2.05, 4.69) is 16.3 Å². The maximum Gasteiger partial charge on any atom is 0.239 e. The Kier molecular flexibility index (Phi) is 5.15. The van der Waals surface area contributed by atoms with E-state index >= 15 is 0 Å². The lowest BCUT2D eigenvalue weighted by Gasteiger charge is -2.21. The van der Waals surface area contributed by atoms with E-state index in [0.29, 0.717) is 18.2 Å². The molecule has 4 rings (SSSR count). The number of anilines is 1. The summed E-state index contributed by atoms with van der Waals surface area (Å²) in [5.41, 5.74) is 2.99. The lowest BCUT2D eigenvalue weighted by Crippen LogP contribution is -2.34. The van der Waals surface area contributed by atoms with Gasteiger partial charge in [0.15, 0.2) is 0 Å². The maximum absolute atomic E-state index is 12.7. The summed E-state index contributed by atoms with van der Waals surface area (Å²) in [5.74, 6) is 0.802. The SMILES string of the molecule is COc1ccc(CN(CC(=O)Nc2sc3c(c2C#N)CCC3)C2CC2)cc1. The number of ether oxygens (including phenoxy) is 1. The molecule has 27 heavy (non-hydrogen) atoms. The van der Waals surface area contributed by atoms with Crippen LogP contribution >= 0.6 is 11.3 Å². The summed E-state index contributed by atoms with van der Waals surface area (Å²) >= 11 is 1.57.